The Bertz CT molecular complexity index is 407. The maximum Gasteiger partial charge on any atom is 1.00 e. The average Bonchev–Trinajstić information content (AvgIpc) is 2.46. The van der Waals surface area contributed by atoms with Gasteiger partial charge in [0.15, 0.2) is 0 Å². The molecule has 0 N–H and O–H groups in total. The summed E-state index contributed by atoms with van der Waals surface area (Å²) < 4.78 is 0.872. The molecule has 60 valence electrons. The molecule has 0 radical (unpaired) electrons. The Balaban J connectivity index is 0.000000845. The first kappa shape index (κ1) is 10.3. The fourth-order valence-corrected chi connectivity index (χ4v) is 1.76. The van der Waals surface area contributed by atoms with Gasteiger partial charge in [0.05, 0.1) is 10.2 Å². The SMILES string of the molecule is O=C([O-])c1nc2ccccc2s1.[Li+]. The third-order valence-electron chi connectivity index (χ3n) is 1.47. The molecule has 0 aliphatic carbocycles. The van der Waals surface area contributed by atoms with E-state index in [4.69, 9.17) is 0 Å². The molecule has 0 aliphatic heterocycles. The number of fused-ring (bicyclic) bond motifs is 1. The summed E-state index contributed by atoms with van der Waals surface area (Å²) >= 11 is 1.13. The number of carbonyl (C=O) groups is 1. The molecule has 0 spiro atoms. The monoisotopic (exact) mass is 185 g/mol. The number of thiazole rings is 1. The van der Waals surface area contributed by atoms with Crippen molar-refractivity contribution < 1.29 is 28.8 Å². The first-order valence-electron chi connectivity index (χ1n) is 3.34. The smallest absolute Gasteiger partial charge is 0.542 e. The van der Waals surface area contributed by atoms with E-state index < -0.39 is 5.97 Å². The Morgan fingerprint density at radius 3 is 2.69 bits per heavy atom. The molecule has 1 heterocycles. The zero-order valence-corrected chi connectivity index (χ0v) is 7.80. The van der Waals surface area contributed by atoms with Crippen LogP contribution in [0.3, 0.4) is 0 Å². The summed E-state index contributed by atoms with van der Waals surface area (Å²) in [6.45, 7) is 0. The van der Waals surface area contributed by atoms with Crippen LogP contribution in [0.1, 0.15) is 9.80 Å². The van der Waals surface area contributed by atoms with E-state index >= 15 is 0 Å². The van der Waals surface area contributed by atoms with E-state index in [9.17, 15) is 9.90 Å². The Morgan fingerprint density at radius 1 is 1.38 bits per heavy atom. The number of carbonyl (C=O) groups excluding carboxylic acids is 1. The van der Waals surface area contributed by atoms with Gasteiger partial charge in [-0.15, -0.1) is 11.3 Å². The predicted octanol–water partition coefficient (Wildman–Crippen LogP) is -2.34. The number of carboxylic acid groups (broad SMARTS) is 1. The van der Waals surface area contributed by atoms with Crippen LogP contribution in [0.4, 0.5) is 0 Å². The maximum absolute atomic E-state index is 10.4. The summed E-state index contributed by atoms with van der Waals surface area (Å²) in [5.41, 5.74) is 0.710. The van der Waals surface area contributed by atoms with Crippen LogP contribution in [0.5, 0.6) is 0 Å². The van der Waals surface area contributed by atoms with Gasteiger partial charge in [0, 0.05) is 0 Å². The topological polar surface area (TPSA) is 53.0 Å². The predicted molar refractivity (Wildman–Crippen MR) is 44.0 cm³/mol. The quantitative estimate of drug-likeness (QED) is 0.468. The molecule has 0 saturated carbocycles. The van der Waals surface area contributed by atoms with Crippen molar-refractivity contribution in [3.63, 3.8) is 0 Å². The largest absolute Gasteiger partial charge is 1.00 e. The summed E-state index contributed by atoms with van der Waals surface area (Å²) in [7, 11) is 0. The Labute approximate surface area is 90.6 Å². The van der Waals surface area contributed by atoms with Crippen molar-refractivity contribution in [2.45, 2.75) is 0 Å². The molecule has 0 fully saturated rings. The number of rotatable bonds is 1. The maximum atomic E-state index is 10.4. The normalized spacial score (nSPS) is 9.54. The molecular formula is C8H4LiNO2S. The zero-order chi connectivity index (χ0) is 8.55. The van der Waals surface area contributed by atoms with Gasteiger partial charge in [-0.25, -0.2) is 4.98 Å². The fraction of sp³-hybridized carbons (Fsp3) is 0. The van der Waals surface area contributed by atoms with Gasteiger partial charge in [-0.3, -0.25) is 0 Å². The average molecular weight is 185 g/mol. The molecule has 3 nitrogen and oxygen atoms in total. The summed E-state index contributed by atoms with van der Waals surface area (Å²) in [6.07, 6.45) is 0. The second kappa shape index (κ2) is 3.92. The van der Waals surface area contributed by atoms with Gasteiger partial charge in [0.2, 0.25) is 0 Å². The molecule has 0 unspecified atom stereocenters. The summed E-state index contributed by atoms with van der Waals surface area (Å²) in [5, 5.41) is 10.4. The van der Waals surface area contributed by atoms with Crippen LogP contribution < -0.4 is 24.0 Å². The van der Waals surface area contributed by atoms with Crippen molar-refractivity contribution in [1.82, 2.24) is 4.98 Å². The molecule has 0 aliphatic rings. The number of hydrogen-bond donors (Lipinski definition) is 0. The molecule has 0 atom stereocenters. The van der Waals surface area contributed by atoms with Crippen LogP contribution in [0.15, 0.2) is 24.3 Å². The number of benzene rings is 1. The van der Waals surface area contributed by atoms with E-state index in [-0.39, 0.29) is 23.9 Å². The molecule has 1 aromatic carbocycles. The van der Waals surface area contributed by atoms with Crippen LogP contribution in [0.25, 0.3) is 10.2 Å². The molecule has 1 aromatic heterocycles. The molecule has 5 heteroatoms. The van der Waals surface area contributed by atoms with E-state index in [0.29, 0.717) is 5.52 Å². The van der Waals surface area contributed by atoms with Gasteiger partial charge in [-0.2, -0.15) is 0 Å². The van der Waals surface area contributed by atoms with Crippen LogP contribution in [0, 0.1) is 0 Å². The van der Waals surface area contributed by atoms with Crippen molar-refractivity contribution in [3.05, 3.63) is 29.3 Å². The van der Waals surface area contributed by atoms with Gasteiger partial charge in [-0.1, -0.05) is 12.1 Å². The molecule has 0 bridgehead atoms. The Hall–Kier alpha value is -0.823. The van der Waals surface area contributed by atoms with Crippen molar-refractivity contribution >= 4 is 27.5 Å². The van der Waals surface area contributed by atoms with Crippen LogP contribution in [-0.2, 0) is 0 Å². The van der Waals surface area contributed by atoms with Gasteiger partial charge in [0.25, 0.3) is 0 Å². The molecule has 13 heavy (non-hydrogen) atoms. The van der Waals surface area contributed by atoms with Crippen molar-refractivity contribution in [3.8, 4) is 0 Å². The number of aromatic carboxylic acids is 1. The van der Waals surface area contributed by atoms with Gasteiger partial charge >= 0.3 is 18.9 Å². The first-order valence-corrected chi connectivity index (χ1v) is 4.16. The standard InChI is InChI=1S/C8H5NO2S.Li/c10-8(11)7-9-5-3-1-2-4-6(5)12-7;/h1-4H,(H,10,11);/q;+1/p-1. The van der Waals surface area contributed by atoms with E-state index in [1.54, 1.807) is 6.07 Å². The Morgan fingerprint density at radius 2 is 2.08 bits per heavy atom. The van der Waals surface area contributed by atoms with Gasteiger partial charge in [-0.05, 0) is 12.1 Å². The molecule has 0 saturated heterocycles. The summed E-state index contributed by atoms with van der Waals surface area (Å²) in [5.74, 6) is -1.21. The summed E-state index contributed by atoms with van der Waals surface area (Å²) in [4.78, 5) is 14.3. The minimum absolute atomic E-state index is 0. The van der Waals surface area contributed by atoms with E-state index in [1.807, 2.05) is 18.2 Å². The van der Waals surface area contributed by atoms with Crippen molar-refractivity contribution in [1.29, 1.82) is 0 Å². The third kappa shape index (κ3) is 1.91. The number of aromatic nitrogens is 1. The van der Waals surface area contributed by atoms with E-state index in [2.05, 4.69) is 4.98 Å². The summed E-state index contributed by atoms with van der Waals surface area (Å²) in [6, 6.07) is 7.28. The number of nitrogens with zero attached hydrogens (tertiary/aromatic N) is 1. The van der Waals surface area contributed by atoms with Crippen LogP contribution in [0.2, 0.25) is 0 Å². The molecule has 2 rings (SSSR count). The molecule has 2 aromatic rings. The van der Waals surface area contributed by atoms with Crippen molar-refractivity contribution in [2.75, 3.05) is 0 Å². The fourth-order valence-electron chi connectivity index (χ4n) is 0.960. The second-order valence-corrected chi connectivity index (χ2v) is 3.30. The van der Waals surface area contributed by atoms with Crippen LogP contribution >= 0.6 is 11.3 Å². The Kier molecular flexibility index (Phi) is 3.10. The second-order valence-electron chi connectivity index (χ2n) is 2.27. The molecular weight excluding hydrogens is 181 g/mol. The third-order valence-corrected chi connectivity index (χ3v) is 2.48. The number of hydrogen-bond acceptors (Lipinski definition) is 4. The zero-order valence-electron chi connectivity index (χ0n) is 6.98. The number of para-hydroxylation sites is 1. The minimum Gasteiger partial charge on any atom is -0.542 e. The van der Waals surface area contributed by atoms with Crippen LogP contribution in [-0.4, -0.2) is 11.0 Å². The van der Waals surface area contributed by atoms with Gasteiger partial charge in [0.1, 0.15) is 11.0 Å². The first-order chi connectivity index (χ1) is 5.77. The van der Waals surface area contributed by atoms with Crippen molar-refractivity contribution in [2.24, 2.45) is 0 Å². The molecule has 0 amide bonds. The van der Waals surface area contributed by atoms with Gasteiger partial charge < -0.3 is 9.90 Å². The number of carboxylic acids is 1. The minimum atomic E-state index is -1.21. The van der Waals surface area contributed by atoms with E-state index in [1.165, 1.54) is 0 Å². The van der Waals surface area contributed by atoms with E-state index in [0.717, 1.165) is 16.0 Å².